The number of aryl methyl sites for hydroxylation is 1. The molecular formula is C19H25N5O. The van der Waals surface area contributed by atoms with Crippen LogP contribution in [0.1, 0.15) is 44.9 Å². The highest BCUT2D eigenvalue weighted by Crippen LogP contribution is 2.23. The van der Waals surface area contributed by atoms with Gasteiger partial charge in [0.15, 0.2) is 0 Å². The van der Waals surface area contributed by atoms with Crippen LogP contribution in [-0.2, 0) is 4.79 Å². The van der Waals surface area contributed by atoms with Crippen LogP contribution in [0.15, 0.2) is 30.3 Å². The molecule has 6 heteroatoms. The maximum atomic E-state index is 11.1. The van der Waals surface area contributed by atoms with Gasteiger partial charge in [-0.25, -0.2) is 9.97 Å². The molecule has 3 N–H and O–H groups in total. The number of hydrogen-bond acceptors (Lipinski definition) is 5. The molecule has 0 saturated heterocycles. The van der Waals surface area contributed by atoms with E-state index in [4.69, 9.17) is 0 Å². The number of rotatable bonds is 5. The molecule has 0 atom stereocenters. The molecule has 0 radical (unpaired) electrons. The summed E-state index contributed by atoms with van der Waals surface area (Å²) < 4.78 is 0. The van der Waals surface area contributed by atoms with Gasteiger partial charge < -0.3 is 16.0 Å². The summed E-state index contributed by atoms with van der Waals surface area (Å²) in [6, 6.07) is 10.0. The van der Waals surface area contributed by atoms with E-state index < -0.39 is 0 Å². The first kappa shape index (κ1) is 17.2. The van der Waals surface area contributed by atoms with E-state index in [1.54, 1.807) is 0 Å². The second-order valence-electron chi connectivity index (χ2n) is 6.55. The molecule has 0 bridgehead atoms. The van der Waals surface area contributed by atoms with Crippen LogP contribution in [0.5, 0.6) is 0 Å². The van der Waals surface area contributed by atoms with Crippen LogP contribution in [0.3, 0.4) is 0 Å². The second-order valence-corrected chi connectivity index (χ2v) is 6.55. The lowest BCUT2D eigenvalue weighted by Gasteiger charge is -2.23. The molecule has 1 aliphatic carbocycles. The molecular weight excluding hydrogens is 314 g/mol. The van der Waals surface area contributed by atoms with Gasteiger partial charge in [-0.15, -0.1) is 0 Å². The Morgan fingerprint density at radius 2 is 1.64 bits per heavy atom. The fraction of sp³-hybridized carbons (Fsp3) is 0.421. The Balaban J connectivity index is 1.68. The highest BCUT2D eigenvalue weighted by molar-refractivity contribution is 5.88. The zero-order valence-electron chi connectivity index (χ0n) is 14.8. The van der Waals surface area contributed by atoms with E-state index in [1.165, 1.54) is 39.0 Å². The summed E-state index contributed by atoms with van der Waals surface area (Å²) in [5.41, 5.74) is 1.69. The zero-order chi connectivity index (χ0) is 17.6. The van der Waals surface area contributed by atoms with E-state index in [-0.39, 0.29) is 5.91 Å². The third-order valence-electron chi connectivity index (χ3n) is 4.27. The monoisotopic (exact) mass is 339 g/mol. The quantitative estimate of drug-likeness (QED) is 0.759. The lowest BCUT2D eigenvalue weighted by Crippen LogP contribution is -2.23. The van der Waals surface area contributed by atoms with Gasteiger partial charge in [-0.1, -0.05) is 19.3 Å². The number of nitrogens with one attached hydrogen (secondary N) is 3. The van der Waals surface area contributed by atoms with Crippen molar-refractivity contribution in [3.63, 3.8) is 0 Å². The molecule has 0 aliphatic heterocycles. The SMILES string of the molecule is CC(=O)Nc1ccc(Nc2cc(NC3CCCCC3)nc(C)n2)cc1. The van der Waals surface area contributed by atoms with Crippen LogP contribution in [-0.4, -0.2) is 21.9 Å². The normalized spacial score (nSPS) is 14.8. The first-order chi connectivity index (χ1) is 12.1. The standard InChI is InChI=1S/C19H25N5O/c1-13-20-18(23-15-6-4-3-5-7-15)12-19(21-13)24-17-10-8-16(9-11-17)22-14(2)25/h8-12,15H,3-7H2,1-2H3,(H,22,25)(H2,20,21,23,24). The predicted molar refractivity (Wildman–Crippen MR) is 101 cm³/mol. The Labute approximate surface area is 148 Å². The minimum atomic E-state index is -0.0782. The maximum absolute atomic E-state index is 11.1. The van der Waals surface area contributed by atoms with Crippen molar-refractivity contribution in [1.82, 2.24) is 9.97 Å². The highest BCUT2D eigenvalue weighted by Gasteiger charge is 2.14. The fourth-order valence-electron chi connectivity index (χ4n) is 3.15. The summed E-state index contributed by atoms with van der Waals surface area (Å²) in [4.78, 5) is 20.0. The van der Waals surface area contributed by atoms with Crippen LogP contribution in [0.25, 0.3) is 0 Å². The number of nitrogens with zero attached hydrogens (tertiary/aromatic N) is 2. The van der Waals surface area contributed by atoms with Gasteiger partial charge in [0.2, 0.25) is 5.91 Å². The first-order valence-electron chi connectivity index (χ1n) is 8.85. The smallest absolute Gasteiger partial charge is 0.221 e. The van der Waals surface area contributed by atoms with Crippen molar-refractivity contribution in [2.45, 2.75) is 52.0 Å². The molecule has 6 nitrogen and oxygen atoms in total. The Kier molecular flexibility index (Phi) is 5.48. The summed E-state index contributed by atoms with van der Waals surface area (Å²) in [6.07, 6.45) is 6.32. The Hall–Kier alpha value is -2.63. The molecule has 0 spiro atoms. The van der Waals surface area contributed by atoms with Crippen LogP contribution in [0, 0.1) is 6.92 Å². The summed E-state index contributed by atoms with van der Waals surface area (Å²) in [7, 11) is 0. The van der Waals surface area contributed by atoms with Crippen LogP contribution < -0.4 is 16.0 Å². The number of hydrogen-bond donors (Lipinski definition) is 3. The van der Waals surface area contributed by atoms with Gasteiger partial charge in [-0.3, -0.25) is 4.79 Å². The van der Waals surface area contributed by atoms with Crippen molar-refractivity contribution in [1.29, 1.82) is 0 Å². The Morgan fingerprint density at radius 3 is 2.32 bits per heavy atom. The summed E-state index contributed by atoms with van der Waals surface area (Å²) in [6.45, 7) is 3.40. The number of carbonyl (C=O) groups excluding carboxylic acids is 1. The average molecular weight is 339 g/mol. The average Bonchev–Trinajstić information content (AvgIpc) is 2.56. The molecule has 3 rings (SSSR count). The van der Waals surface area contributed by atoms with Gasteiger partial charge >= 0.3 is 0 Å². The van der Waals surface area contributed by atoms with Gasteiger partial charge in [0.05, 0.1) is 0 Å². The lowest BCUT2D eigenvalue weighted by atomic mass is 9.95. The molecule has 1 aliphatic rings. The number of aromatic nitrogens is 2. The molecule has 1 saturated carbocycles. The topological polar surface area (TPSA) is 78.9 Å². The van der Waals surface area contributed by atoms with Crippen LogP contribution >= 0.6 is 0 Å². The fourth-order valence-corrected chi connectivity index (χ4v) is 3.15. The van der Waals surface area contributed by atoms with Crippen molar-refractivity contribution in [2.24, 2.45) is 0 Å². The minimum Gasteiger partial charge on any atom is -0.367 e. The first-order valence-corrected chi connectivity index (χ1v) is 8.85. The summed E-state index contributed by atoms with van der Waals surface area (Å²) in [5, 5.41) is 9.60. The third kappa shape index (κ3) is 5.17. The number of carbonyl (C=O) groups is 1. The van der Waals surface area contributed by atoms with Crippen molar-refractivity contribution in [3.05, 3.63) is 36.2 Å². The van der Waals surface area contributed by atoms with Gasteiger partial charge in [0, 0.05) is 30.4 Å². The van der Waals surface area contributed by atoms with Gasteiger partial charge in [0.1, 0.15) is 17.5 Å². The predicted octanol–water partition coefficient (Wildman–Crippen LogP) is 4.23. The van der Waals surface area contributed by atoms with Crippen LogP contribution in [0.2, 0.25) is 0 Å². The third-order valence-corrected chi connectivity index (χ3v) is 4.27. The second kappa shape index (κ2) is 7.96. The van der Waals surface area contributed by atoms with E-state index in [0.29, 0.717) is 6.04 Å². The number of amides is 1. The van der Waals surface area contributed by atoms with E-state index in [9.17, 15) is 4.79 Å². The molecule has 0 unspecified atom stereocenters. The molecule has 1 heterocycles. The Bertz CT molecular complexity index is 723. The van der Waals surface area contributed by atoms with E-state index in [2.05, 4.69) is 25.9 Å². The van der Waals surface area contributed by atoms with Gasteiger partial charge in [-0.2, -0.15) is 0 Å². The van der Waals surface area contributed by atoms with Gasteiger partial charge in [0.25, 0.3) is 0 Å². The van der Waals surface area contributed by atoms with Crippen molar-refractivity contribution in [3.8, 4) is 0 Å². The van der Waals surface area contributed by atoms with Crippen molar-refractivity contribution < 1.29 is 4.79 Å². The summed E-state index contributed by atoms with van der Waals surface area (Å²) >= 11 is 0. The molecule has 1 aromatic heterocycles. The molecule has 1 fully saturated rings. The van der Waals surface area contributed by atoms with Crippen molar-refractivity contribution >= 4 is 28.9 Å². The van der Waals surface area contributed by atoms with E-state index in [1.807, 2.05) is 37.3 Å². The molecule has 25 heavy (non-hydrogen) atoms. The minimum absolute atomic E-state index is 0.0782. The van der Waals surface area contributed by atoms with Crippen molar-refractivity contribution in [2.75, 3.05) is 16.0 Å². The Morgan fingerprint density at radius 1 is 1.00 bits per heavy atom. The molecule has 1 aromatic carbocycles. The lowest BCUT2D eigenvalue weighted by molar-refractivity contribution is -0.114. The van der Waals surface area contributed by atoms with E-state index >= 15 is 0 Å². The van der Waals surface area contributed by atoms with E-state index in [0.717, 1.165) is 28.8 Å². The largest absolute Gasteiger partial charge is 0.367 e. The summed E-state index contributed by atoms with van der Waals surface area (Å²) in [5.74, 6) is 2.29. The maximum Gasteiger partial charge on any atom is 0.221 e. The number of benzene rings is 1. The zero-order valence-corrected chi connectivity index (χ0v) is 14.8. The molecule has 1 amide bonds. The van der Waals surface area contributed by atoms with Crippen LogP contribution in [0.4, 0.5) is 23.0 Å². The van der Waals surface area contributed by atoms with Gasteiger partial charge in [-0.05, 0) is 44.0 Å². The molecule has 2 aromatic rings. The highest BCUT2D eigenvalue weighted by atomic mass is 16.1. The number of anilines is 4. The molecule has 132 valence electrons.